The third-order valence-corrected chi connectivity index (χ3v) is 1.81. The highest BCUT2D eigenvalue weighted by Gasteiger charge is 2.29. The molecular weight excluding hydrogens is 144 g/mol. The summed E-state index contributed by atoms with van der Waals surface area (Å²) in [6.45, 7) is 1.82. The number of allylic oxidation sites excluding steroid dienone is 1. The van der Waals surface area contributed by atoms with Crippen LogP contribution >= 0.6 is 0 Å². The van der Waals surface area contributed by atoms with Gasteiger partial charge >= 0.3 is 5.97 Å². The van der Waals surface area contributed by atoms with E-state index in [0.29, 0.717) is 0 Å². The minimum atomic E-state index is -0.803. The summed E-state index contributed by atoms with van der Waals surface area (Å²) in [5, 5.41) is 8.53. The maximum Gasteiger partial charge on any atom is 0.307 e. The number of aliphatic carboxylic acids is 1. The van der Waals surface area contributed by atoms with E-state index < -0.39 is 11.6 Å². The molecule has 0 aliphatic carbocycles. The van der Waals surface area contributed by atoms with Gasteiger partial charge in [0.2, 0.25) is 0 Å². The number of hydrogen-bond acceptors (Lipinski definition) is 2. The van der Waals surface area contributed by atoms with E-state index in [9.17, 15) is 4.79 Å². The molecule has 0 aromatic rings. The Morgan fingerprint density at radius 2 is 2.55 bits per heavy atom. The van der Waals surface area contributed by atoms with Crippen LogP contribution in [-0.2, 0) is 9.53 Å². The minimum Gasteiger partial charge on any atom is -0.495 e. The van der Waals surface area contributed by atoms with Gasteiger partial charge in [-0.05, 0) is 25.8 Å². The molecule has 0 spiro atoms. The smallest absolute Gasteiger partial charge is 0.307 e. The van der Waals surface area contributed by atoms with E-state index in [1.54, 1.807) is 6.26 Å². The summed E-state index contributed by atoms with van der Waals surface area (Å²) < 4.78 is 5.21. The van der Waals surface area contributed by atoms with Crippen LogP contribution in [0.25, 0.3) is 0 Å². The zero-order valence-electron chi connectivity index (χ0n) is 6.54. The summed E-state index contributed by atoms with van der Waals surface area (Å²) in [7, 11) is 0. The topological polar surface area (TPSA) is 46.5 Å². The number of ether oxygens (including phenoxy) is 1. The largest absolute Gasteiger partial charge is 0.495 e. The molecule has 0 radical (unpaired) electrons. The standard InChI is InChI=1S/C8H12O3/c1-8(6-7(9)10)4-2-3-5-11-8/h3,5H,2,4,6H2,1H3,(H,9,10). The number of carboxylic acids is 1. The molecule has 3 heteroatoms. The Hall–Kier alpha value is -0.990. The fourth-order valence-electron chi connectivity index (χ4n) is 1.18. The Balaban J connectivity index is 2.52. The number of carboxylic acid groups (broad SMARTS) is 1. The summed E-state index contributed by atoms with van der Waals surface area (Å²) in [4.78, 5) is 10.4. The molecule has 11 heavy (non-hydrogen) atoms. The van der Waals surface area contributed by atoms with Crippen LogP contribution in [0.2, 0.25) is 0 Å². The van der Waals surface area contributed by atoms with E-state index >= 15 is 0 Å². The molecule has 0 fully saturated rings. The lowest BCUT2D eigenvalue weighted by molar-refractivity contribution is -0.142. The first-order chi connectivity index (χ1) is 5.12. The molecule has 1 unspecified atom stereocenters. The second kappa shape index (κ2) is 2.95. The summed E-state index contributed by atoms with van der Waals surface area (Å²) >= 11 is 0. The summed E-state index contributed by atoms with van der Waals surface area (Å²) in [5.74, 6) is -0.803. The molecule has 3 nitrogen and oxygen atoms in total. The number of hydrogen-bond donors (Lipinski definition) is 1. The molecule has 62 valence electrons. The maximum absolute atomic E-state index is 10.4. The lowest BCUT2D eigenvalue weighted by Crippen LogP contribution is -2.31. The van der Waals surface area contributed by atoms with Crippen molar-refractivity contribution in [2.45, 2.75) is 31.8 Å². The zero-order valence-corrected chi connectivity index (χ0v) is 6.54. The highest BCUT2D eigenvalue weighted by atomic mass is 16.5. The molecule has 1 atom stereocenters. The third kappa shape index (κ3) is 2.26. The van der Waals surface area contributed by atoms with E-state index in [2.05, 4.69) is 0 Å². The number of rotatable bonds is 2. The molecule has 1 N–H and O–H groups in total. The van der Waals surface area contributed by atoms with Crippen LogP contribution in [0, 0.1) is 0 Å². The van der Waals surface area contributed by atoms with E-state index in [1.807, 2.05) is 13.0 Å². The Bertz CT molecular complexity index is 186. The highest BCUT2D eigenvalue weighted by Crippen LogP contribution is 2.25. The van der Waals surface area contributed by atoms with Crippen molar-refractivity contribution in [3.05, 3.63) is 12.3 Å². The first-order valence-corrected chi connectivity index (χ1v) is 3.67. The average Bonchev–Trinajstić information content (AvgIpc) is 1.85. The Kier molecular flexibility index (Phi) is 2.17. The molecule has 0 aromatic carbocycles. The molecule has 1 aliphatic rings. The van der Waals surface area contributed by atoms with Crippen molar-refractivity contribution < 1.29 is 14.6 Å². The van der Waals surface area contributed by atoms with Crippen molar-refractivity contribution in [2.24, 2.45) is 0 Å². The minimum absolute atomic E-state index is 0.0807. The molecule has 0 amide bonds. The second-order valence-corrected chi connectivity index (χ2v) is 3.05. The lowest BCUT2D eigenvalue weighted by Gasteiger charge is -2.29. The monoisotopic (exact) mass is 156 g/mol. The van der Waals surface area contributed by atoms with Gasteiger partial charge in [-0.2, -0.15) is 0 Å². The normalized spacial score (nSPS) is 29.5. The van der Waals surface area contributed by atoms with Crippen LogP contribution in [0.3, 0.4) is 0 Å². The fourth-order valence-corrected chi connectivity index (χ4v) is 1.18. The molecule has 0 bridgehead atoms. The fraction of sp³-hybridized carbons (Fsp3) is 0.625. The molecule has 0 saturated heterocycles. The van der Waals surface area contributed by atoms with Gasteiger partial charge < -0.3 is 9.84 Å². The summed E-state index contributed by atoms with van der Waals surface area (Å²) in [6, 6.07) is 0. The van der Waals surface area contributed by atoms with Crippen LogP contribution in [0.15, 0.2) is 12.3 Å². The number of carbonyl (C=O) groups is 1. The molecule has 1 aliphatic heterocycles. The Morgan fingerprint density at radius 3 is 3.00 bits per heavy atom. The molecule has 0 saturated carbocycles. The van der Waals surface area contributed by atoms with Gasteiger partial charge in [-0.15, -0.1) is 0 Å². The first-order valence-electron chi connectivity index (χ1n) is 3.67. The highest BCUT2D eigenvalue weighted by molar-refractivity contribution is 5.68. The molecular formula is C8H12O3. The Labute approximate surface area is 65.7 Å². The van der Waals surface area contributed by atoms with Crippen LogP contribution in [0.1, 0.15) is 26.2 Å². The van der Waals surface area contributed by atoms with Gasteiger partial charge in [-0.3, -0.25) is 4.79 Å². The predicted octanol–water partition coefficient (Wildman–Crippen LogP) is 1.54. The Morgan fingerprint density at radius 1 is 1.82 bits per heavy atom. The van der Waals surface area contributed by atoms with Crippen molar-refractivity contribution in [3.8, 4) is 0 Å². The maximum atomic E-state index is 10.4. The van der Waals surface area contributed by atoms with E-state index in [4.69, 9.17) is 9.84 Å². The lowest BCUT2D eigenvalue weighted by atomic mass is 9.94. The second-order valence-electron chi connectivity index (χ2n) is 3.05. The van der Waals surface area contributed by atoms with Crippen LogP contribution in [-0.4, -0.2) is 16.7 Å². The van der Waals surface area contributed by atoms with Gasteiger partial charge in [0.1, 0.15) is 5.60 Å². The SMILES string of the molecule is CC1(CC(=O)O)CCC=CO1. The molecule has 1 rings (SSSR count). The van der Waals surface area contributed by atoms with E-state index in [1.165, 1.54) is 0 Å². The summed E-state index contributed by atoms with van der Waals surface area (Å²) in [5.41, 5.74) is -0.486. The van der Waals surface area contributed by atoms with Gasteiger partial charge in [-0.1, -0.05) is 0 Å². The van der Waals surface area contributed by atoms with Crippen molar-refractivity contribution in [3.63, 3.8) is 0 Å². The quantitative estimate of drug-likeness (QED) is 0.659. The van der Waals surface area contributed by atoms with Crippen molar-refractivity contribution in [2.75, 3.05) is 0 Å². The third-order valence-electron chi connectivity index (χ3n) is 1.81. The summed E-state index contributed by atoms with van der Waals surface area (Å²) in [6.07, 6.45) is 5.27. The van der Waals surface area contributed by atoms with Crippen LogP contribution in [0.5, 0.6) is 0 Å². The predicted molar refractivity (Wildman–Crippen MR) is 40.1 cm³/mol. The average molecular weight is 156 g/mol. The molecule has 1 heterocycles. The van der Waals surface area contributed by atoms with Gasteiger partial charge in [0.05, 0.1) is 12.7 Å². The van der Waals surface area contributed by atoms with Crippen molar-refractivity contribution in [1.82, 2.24) is 0 Å². The van der Waals surface area contributed by atoms with Gasteiger partial charge in [0.25, 0.3) is 0 Å². The van der Waals surface area contributed by atoms with E-state index in [-0.39, 0.29) is 6.42 Å². The van der Waals surface area contributed by atoms with Crippen LogP contribution < -0.4 is 0 Å². The van der Waals surface area contributed by atoms with E-state index in [0.717, 1.165) is 12.8 Å². The van der Waals surface area contributed by atoms with Crippen molar-refractivity contribution >= 4 is 5.97 Å². The first kappa shape index (κ1) is 8.11. The molecule has 0 aromatic heterocycles. The van der Waals surface area contributed by atoms with Crippen molar-refractivity contribution in [1.29, 1.82) is 0 Å². The zero-order chi connectivity index (χ0) is 8.32. The van der Waals surface area contributed by atoms with Crippen LogP contribution in [0.4, 0.5) is 0 Å². The van der Waals surface area contributed by atoms with Gasteiger partial charge in [0, 0.05) is 0 Å². The van der Waals surface area contributed by atoms with Gasteiger partial charge in [-0.25, -0.2) is 0 Å². The van der Waals surface area contributed by atoms with Gasteiger partial charge in [0.15, 0.2) is 0 Å².